The van der Waals surface area contributed by atoms with E-state index in [1.54, 1.807) is 6.26 Å². The Bertz CT molecular complexity index is 323. The van der Waals surface area contributed by atoms with Gasteiger partial charge in [0.05, 0.1) is 12.5 Å². The third-order valence-corrected chi connectivity index (χ3v) is 4.59. The van der Waals surface area contributed by atoms with Crippen LogP contribution in [0.2, 0.25) is 0 Å². The van der Waals surface area contributed by atoms with Crippen molar-refractivity contribution in [2.45, 2.75) is 57.3 Å². The molecule has 1 aromatic rings. The van der Waals surface area contributed by atoms with Crippen molar-refractivity contribution >= 4 is 0 Å². The summed E-state index contributed by atoms with van der Waals surface area (Å²) in [7, 11) is 0. The number of furan rings is 1. The first kappa shape index (κ1) is 15.6. The second kappa shape index (κ2) is 9.19. The van der Waals surface area contributed by atoms with Gasteiger partial charge in [0, 0.05) is 6.61 Å². The molecule has 1 aliphatic heterocycles. The number of hydrogen-bond donors (Lipinski definition) is 2. The Morgan fingerprint density at radius 3 is 2.30 bits per heavy atom. The Morgan fingerprint density at radius 2 is 1.75 bits per heavy atom. The van der Waals surface area contributed by atoms with Gasteiger partial charge in [-0.25, -0.2) is 0 Å². The van der Waals surface area contributed by atoms with E-state index in [4.69, 9.17) is 9.52 Å². The normalized spacial score (nSPS) is 21.9. The van der Waals surface area contributed by atoms with E-state index >= 15 is 0 Å². The van der Waals surface area contributed by atoms with E-state index in [-0.39, 0.29) is 0 Å². The first-order valence-corrected chi connectivity index (χ1v) is 8.24. The predicted molar refractivity (Wildman–Crippen MR) is 81.8 cm³/mol. The van der Waals surface area contributed by atoms with Crippen molar-refractivity contribution in [3.05, 3.63) is 24.2 Å². The fraction of sp³-hybridized carbons (Fsp3) is 0.765. The zero-order valence-corrected chi connectivity index (χ0v) is 12.5. The predicted octanol–water partition coefficient (Wildman–Crippen LogP) is 3.70. The van der Waals surface area contributed by atoms with Crippen molar-refractivity contribution in [3.63, 3.8) is 0 Å². The number of rotatable bonds is 2. The quantitative estimate of drug-likeness (QED) is 0.811. The van der Waals surface area contributed by atoms with E-state index in [2.05, 4.69) is 11.4 Å². The molecule has 0 atom stereocenters. The van der Waals surface area contributed by atoms with Gasteiger partial charge in [-0.3, -0.25) is 0 Å². The number of piperidine rings is 1. The highest BCUT2D eigenvalue weighted by molar-refractivity contribution is 5.13. The second-order valence-corrected chi connectivity index (χ2v) is 6.12. The van der Waals surface area contributed by atoms with Gasteiger partial charge in [0.15, 0.2) is 0 Å². The van der Waals surface area contributed by atoms with Crippen molar-refractivity contribution in [3.8, 4) is 0 Å². The summed E-state index contributed by atoms with van der Waals surface area (Å²) in [5.41, 5.74) is 1.37. The zero-order valence-electron chi connectivity index (χ0n) is 12.5. The highest BCUT2D eigenvalue weighted by atomic mass is 16.3. The van der Waals surface area contributed by atoms with Gasteiger partial charge in [-0.15, -0.1) is 0 Å². The highest BCUT2D eigenvalue weighted by Gasteiger charge is 2.15. The van der Waals surface area contributed by atoms with E-state index in [0.717, 1.165) is 19.0 Å². The molecule has 1 aromatic heterocycles. The third-order valence-electron chi connectivity index (χ3n) is 4.59. The van der Waals surface area contributed by atoms with E-state index < -0.39 is 0 Å². The molecule has 0 radical (unpaired) electrons. The molecule has 1 aliphatic carbocycles. The van der Waals surface area contributed by atoms with Crippen molar-refractivity contribution < 1.29 is 9.52 Å². The molecule has 2 heterocycles. The average Bonchev–Trinajstić information content (AvgIpc) is 2.92. The molecule has 0 unspecified atom stereocenters. The van der Waals surface area contributed by atoms with Crippen LogP contribution in [0.15, 0.2) is 23.0 Å². The number of nitrogens with one attached hydrogen (secondary N) is 1. The van der Waals surface area contributed by atoms with Crippen LogP contribution in [0.1, 0.15) is 62.8 Å². The number of hydrogen-bond acceptors (Lipinski definition) is 3. The minimum absolute atomic E-state index is 0.417. The lowest BCUT2D eigenvalue weighted by atomic mass is 9.92. The van der Waals surface area contributed by atoms with Gasteiger partial charge in [-0.1, -0.05) is 25.7 Å². The van der Waals surface area contributed by atoms with Crippen LogP contribution in [0.4, 0.5) is 0 Å². The van der Waals surface area contributed by atoms with E-state index in [1.165, 1.54) is 56.9 Å². The van der Waals surface area contributed by atoms with Gasteiger partial charge >= 0.3 is 0 Å². The molecular weight excluding hydrogens is 250 g/mol. The number of aliphatic hydroxyl groups excluding tert-OH is 1. The fourth-order valence-electron chi connectivity index (χ4n) is 3.21. The van der Waals surface area contributed by atoms with Crippen LogP contribution in [0.25, 0.3) is 0 Å². The maximum atomic E-state index is 8.82. The van der Waals surface area contributed by atoms with Crippen LogP contribution >= 0.6 is 0 Å². The second-order valence-electron chi connectivity index (χ2n) is 6.12. The molecule has 114 valence electrons. The van der Waals surface area contributed by atoms with Crippen LogP contribution in [-0.4, -0.2) is 24.8 Å². The summed E-state index contributed by atoms with van der Waals surface area (Å²) < 4.78 is 5.05. The van der Waals surface area contributed by atoms with Gasteiger partial charge in [-0.2, -0.15) is 0 Å². The Hall–Kier alpha value is -0.800. The summed E-state index contributed by atoms with van der Waals surface area (Å²) >= 11 is 0. The molecule has 0 bridgehead atoms. The molecular formula is C17H29NO2. The maximum absolute atomic E-state index is 8.82. The first-order chi connectivity index (χ1) is 9.90. The monoisotopic (exact) mass is 279 g/mol. The van der Waals surface area contributed by atoms with Crippen LogP contribution in [0.5, 0.6) is 0 Å². The molecule has 3 rings (SSSR count). The Balaban J connectivity index is 0.000000151. The Morgan fingerprint density at radius 1 is 1.05 bits per heavy atom. The summed E-state index contributed by atoms with van der Waals surface area (Å²) in [4.78, 5) is 0. The molecule has 0 spiro atoms. The highest BCUT2D eigenvalue weighted by Crippen LogP contribution is 2.24. The van der Waals surface area contributed by atoms with Crippen LogP contribution in [-0.2, 0) is 0 Å². The summed E-state index contributed by atoms with van der Waals surface area (Å²) in [6.07, 6.45) is 14.1. The van der Waals surface area contributed by atoms with Crippen LogP contribution < -0.4 is 5.32 Å². The topological polar surface area (TPSA) is 45.4 Å². The Kier molecular flexibility index (Phi) is 7.16. The van der Waals surface area contributed by atoms with Gasteiger partial charge in [-0.05, 0) is 62.2 Å². The molecule has 1 saturated heterocycles. The van der Waals surface area contributed by atoms with Crippen LogP contribution in [0.3, 0.4) is 0 Å². The minimum Gasteiger partial charge on any atom is -0.472 e. The molecule has 2 N–H and O–H groups in total. The molecule has 0 aromatic carbocycles. The lowest BCUT2D eigenvalue weighted by molar-refractivity contribution is 0.212. The van der Waals surface area contributed by atoms with Gasteiger partial charge in [0.1, 0.15) is 0 Å². The molecule has 2 aliphatic rings. The molecule has 3 heteroatoms. The average molecular weight is 279 g/mol. The van der Waals surface area contributed by atoms with E-state index in [0.29, 0.717) is 12.5 Å². The smallest absolute Gasteiger partial charge is 0.0937 e. The summed E-state index contributed by atoms with van der Waals surface area (Å²) in [6.45, 7) is 2.71. The maximum Gasteiger partial charge on any atom is 0.0937 e. The molecule has 1 saturated carbocycles. The van der Waals surface area contributed by atoms with Gasteiger partial charge in [0.25, 0.3) is 0 Å². The van der Waals surface area contributed by atoms with Gasteiger partial charge in [0.2, 0.25) is 0 Å². The van der Waals surface area contributed by atoms with Crippen molar-refractivity contribution in [1.29, 1.82) is 0 Å². The van der Waals surface area contributed by atoms with Crippen LogP contribution in [0, 0.1) is 5.92 Å². The standard InChI is InChI=1S/C9H13NO.C8H16O/c1-4-10-5-2-8(1)9-3-6-11-7-9;9-7-8-5-3-1-2-4-6-8/h3,6-8,10H,1-2,4-5H2;8-9H,1-7H2. The Labute approximate surface area is 122 Å². The van der Waals surface area contributed by atoms with Crippen molar-refractivity contribution in [2.24, 2.45) is 5.92 Å². The fourth-order valence-corrected chi connectivity index (χ4v) is 3.21. The molecule has 20 heavy (non-hydrogen) atoms. The van der Waals surface area contributed by atoms with Crippen molar-refractivity contribution in [2.75, 3.05) is 19.7 Å². The lowest BCUT2D eigenvalue weighted by Gasteiger charge is -2.20. The molecule has 2 fully saturated rings. The SMILES string of the molecule is OCC1CCCCCC1.c1cc(C2CCNCC2)co1. The molecule has 0 amide bonds. The summed E-state index contributed by atoms with van der Waals surface area (Å²) in [5.74, 6) is 1.36. The summed E-state index contributed by atoms with van der Waals surface area (Å²) in [5, 5.41) is 12.2. The minimum atomic E-state index is 0.417. The first-order valence-electron chi connectivity index (χ1n) is 8.24. The third kappa shape index (κ3) is 5.29. The largest absolute Gasteiger partial charge is 0.472 e. The van der Waals surface area contributed by atoms with Gasteiger partial charge < -0.3 is 14.8 Å². The van der Waals surface area contributed by atoms with Crippen molar-refractivity contribution in [1.82, 2.24) is 5.32 Å². The molecule has 3 nitrogen and oxygen atoms in total. The zero-order chi connectivity index (χ0) is 14.0. The lowest BCUT2D eigenvalue weighted by Crippen LogP contribution is -2.26. The van der Waals surface area contributed by atoms with E-state index in [9.17, 15) is 0 Å². The summed E-state index contributed by atoms with van der Waals surface area (Å²) in [6, 6.07) is 2.08. The van der Waals surface area contributed by atoms with E-state index in [1.807, 2.05) is 6.26 Å². The number of aliphatic hydroxyl groups is 1.